The average molecular weight is 427 g/mol. The minimum atomic E-state index is 0.0142. The number of carbonyl (C=O) groups is 1. The van der Waals surface area contributed by atoms with E-state index in [0.717, 1.165) is 48.8 Å². The Bertz CT molecular complexity index is 1160. The predicted molar refractivity (Wildman–Crippen MR) is 124 cm³/mol. The summed E-state index contributed by atoms with van der Waals surface area (Å²) in [5.74, 6) is 1.01. The summed E-state index contributed by atoms with van der Waals surface area (Å²) in [5.41, 5.74) is 3.47. The summed E-state index contributed by atoms with van der Waals surface area (Å²) in [7, 11) is 0. The molecular formula is C25H26N6O. The van der Waals surface area contributed by atoms with Gasteiger partial charge in [0.25, 0.3) is 5.91 Å². The van der Waals surface area contributed by atoms with Gasteiger partial charge in [-0.3, -0.25) is 14.8 Å². The van der Waals surface area contributed by atoms with Gasteiger partial charge in [0, 0.05) is 62.8 Å². The lowest BCUT2D eigenvalue weighted by atomic mass is 10.1. The average Bonchev–Trinajstić information content (AvgIpc) is 3.54. The summed E-state index contributed by atoms with van der Waals surface area (Å²) < 4.78 is 2.20. The third-order valence-electron chi connectivity index (χ3n) is 5.94. The summed E-state index contributed by atoms with van der Waals surface area (Å²) in [4.78, 5) is 21.8. The molecule has 162 valence electrons. The number of amides is 1. The zero-order valence-corrected chi connectivity index (χ0v) is 17.9. The quantitative estimate of drug-likeness (QED) is 0.513. The first-order valence-corrected chi connectivity index (χ1v) is 11.0. The molecule has 1 N–H and O–H groups in total. The number of imidazole rings is 1. The van der Waals surface area contributed by atoms with Crippen molar-refractivity contribution >= 4 is 5.91 Å². The van der Waals surface area contributed by atoms with E-state index in [2.05, 4.69) is 36.8 Å². The fraction of sp³-hybridized carbons (Fsp3) is 0.240. The third-order valence-corrected chi connectivity index (χ3v) is 5.94. The highest BCUT2D eigenvalue weighted by Gasteiger charge is 2.23. The van der Waals surface area contributed by atoms with E-state index in [-0.39, 0.29) is 5.91 Å². The summed E-state index contributed by atoms with van der Waals surface area (Å²) in [6.07, 6.45) is 3.89. The van der Waals surface area contributed by atoms with Crippen LogP contribution in [-0.2, 0) is 6.54 Å². The summed E-state index contributed by atoms with van der Waals surface area (Å²) in [6.45, 7) is 4.96. The number of piperazine rings is 1. The van der Waals surface area contributed by atoms with Crippen molar-refractivity contribution in [2.24, 2.45) is 0 Å². The van der Waals surface area contributed by atoms with Crippen LogP contribution in [0, 0.1) is 0 Å². The van der Waals surface area contributed by atoms with Gasteiger partial charge in [-0.1, -0.05) is 60.7 Å². The van der Waals surface area contributed by atoms with Gasteiger partial charge in [-0.25, -0.2) is 4.98 Å². The Morgan fingerprint density at radius 2 is 1.56 bits per heavy atom. The molecule has 0 spiro atoms. The van der Waals surface area contributed by atoms with E-state index in [0.29, 0.717) is 18.8 Å². The minimum Gasteiger partial charge on any atom is -0.335 e. The molecule has 7 nitrogen and oxygen atoms in total. The predicted octanol–water partition coefficient (Wildman–Crippen LogP) is 3.40. The van der Waals surface area contributed by atoms with Crippen LogP contribution in [0.1, 0.15) is 10.5 Å². The molecule has 7 heteroatoms. The van der Waals surface area contributed by atoms with Crippen LogP contribution in [0.2, 0.25) is 0 Å². The van der Waals surface area contributed by atoms with E-state index in [1.807, 2.05) is 71.9 Å². The summed E-state index contributed by atoms with van der Waals surface area (Å²) in [5, 5.41) is 7.23. The fourth-order valence-electron chi connectivity index (χ4n) is 4.12. The maximum atomic E-state index is 12.9. The maximum absolute atomic E-state index is 12.9. The van der Waals surface area contributed by atoms with E-state index >= 15 is 0 Å². The topological polar surface area (TPSA) is 70.1 Å². The molecule has 0 radical (unpaired) electrons. The molecule has 2 aromatic carbocycles. The largest absolute Gasteiger partial charge is 0.335 e. The lowest BCUT2D eigenvalue weighted by Crippen LogP contribution is -2.49. The molecule has 1 amide bonds. The highest BCUT2D eigenvalue weighted by atomic mass is 16.2. The Balaban J connectivity index is 1.15. The molecule has 4 aromatic rings. The van der Waals surface area contributed by atoms with E-state index in [4.69, 9.17) is 0 Å². The second kappa shape index (κ2) is 9.20. The third kappa shape index (κ3) is 4.33. The lowest BCUT2D eigenvalue weighted by Gasteiger charge is -2.34. The van der Waals surface area contributed by atoms with Crippen molar-refractivity contribution in [2.45, 2.75) is 6.54 Å². The van der Waals surface area contributed by atoms with E-state index in [1.165, 1.54) is 0 Å². The SMILES string of the molecule is O=C(c1cc(-c2ccccc2)n[nH]1)N1CCN(CCn2ccnc2-c2ccccc2)CC1. The number of hydrogen-bond acceptors (Lipinski definition) is 4. The van der Waals surface area contributed by atoms with Gasteiger partial charge in [0.15, 0.2) is 0 Å². The molecule has 1 fully saturated rings. The van der Waals surface area contributed by atoms with E-state index in [9.17, 15) is 4.79 Å². The van der Waals surface area contributed by atoms with Crippen molar-refractivity contribution in [3.05, 3.63) is 84.8 Å². The van der Waals surface area contributed by atoms with Gasteiger partial charge in [-0.2, -0.15) is 5.10 Å². The van der Waals surface area contributed by atoms with Crippen LogP contribution in [0.4, 0.5) is 0 Å². The standard InChI is InChI=1S/C25H26N6O/c32-25(23-19-22(27-28-23)20-7-3-1-4-8-20)31-17-14-29(15-18-31)13-16-30-12-11-26-24(30)21-9-5-2-6-10-21/h1-12,19H,13-18H2,(H,27,28). The van der Waals surface area contributed by atoms with Crippen molar-refractivity contribution in [2.75, 3.05) is 32.7 Å². The van der Waals surface area contributed by atoms with Crippen LogP contribution >= 0.6 is 0 Å². The van der Waals surface area contributed by atoms with Gasteiger partial charge in [0.05, 0.1) is 5.69 Å². The molecule has 0 saturated carbocycles. The van der Waals surface area contributed by atoms with Crippen molar-refractivity contribution < 1.29 is 4.79 Å². The zero-order chi connectivity index (χ0) is 21.8. The van der Waals surface area contributed by atoms with Crippen LogP contribution in [0.25, 0.3) is 22.6 Å². The molecule has 32 heavy (non-hydrogen) atoms. The molecule has 2 aromatic heterocycles. The van der Waals surface area contributed by atoms with Crippen LogP contribution in [0.15, 0.2) is 79.1 Å². The number of aromatic nitrogens is 4. The molecule has 0 atom stereocenters. The Labute approximate surface area is 187 Å². The van der Waals surface area contributed by atoms with Gasteiger partial charge in [-0.05, 0) is 6.07 Å². The van der Waals surface area contributed by atoms with E-state index < -0.39 is 0 Å². The van der Waals surface area contributed by atoms with Crippen molar-refractivity contribution in [3.63, 3.8) is 0 Å². The number of rotatable bonds is 6. The van der Waals surface area contributed by atoms with Crippen LogP contribution < -0.4 is 0 Å². The first-order valence-electron chi connectivity index (χ1n) is 11.0. The summed E-state index contributed by atoms with van der Waals surface area (Å²) >= 11 is 0. The van der Waals surface area contributed by atoms with Crippen molar-refractivity contribution in [3.8, 4) is 22.6 Å². The fourth-order valence-corrected chi connectivity index (χ4v) is 4.12. The smallest absolute Gasteiger partial charge is 0.271 e. The van der Waals surface area contributed by atoms with Crippen LogP contribution in [0.5, 0.6) is 0 Å². The molecule has 3 heterocycles. The Kier molecular flexibility index (Phi) is 5.81. The Morgan fingerprint density at radius 1 is 0.875 bits per heavy atom. The van der Waals surface area contributed by atoms with Gasteiger partial charge >= 0.3 is 0 Å². The number of aromatic amines is 1. The van der Waals surface area contributed by atoms with Gasteiger partial charge < -0.3 is 9.47 Å². The number of H-pyrrole nitrogens is 1. The molecule has 5 rings (SSSR count). The summed E-state index contributed by atoms with van der Waals surface area (Å²) in [6, 6.07) is 22.0. The maximum Gasteiger partial charge on any atom is 0.271 e. The second-order valence-corrected chi connectivity index (χ2v) is 7.98. The van der Waals surface area contributed by atoms with Crippen molar-refractivity contribution in [1.29, 1.82) is 0 Å². The lowest BCUT2D eigenvalue weighted by molar-refractivity contribution is 0.0627. The molecule has 0 unspecified atom stereocenters. The van der Waals surface area contributed by atoms with E-state index in [1.54, 1.807) is 0 Å². The number of hydrogen-bond donors (Lipinski definition) is 1. The molecule has 0 aliphatic carbocycles. The van der Waals surface area contributed by atoms with Crippen LogP contribution in [-0.4, -0.2) is 68.2 Å². The molecule has 1 aliphatic rings. The highest BCUT2D eigenvalue weighted by molar-refractivity contribution is 5.93. The first-order chi connectivity index (χ1) is 15.8. The normalized spacial score (nSPS) is 14.6. The van der Waals surface area contributed by atoms with Gasteiger partial charge in [0.1, 0.15) is 11.5 Å². The Morgan fingerprint density at radius 3 is 2.28 bits per heavy atom. The molecule has 1 aliphatic heterocycles. The monoisotopic (exact) mass is 426 g/mol. The van der Waals surface area contributed by atoms with Crippen LogP contribution in [0.3, 0.4) is 0 Å². The molecule has 0 bridgehead atoms. The molecular weight excluding hydrogens is 400 g/mol. The number of benzene rings is 2. The Hall–Kier alpha value is -3.71. The minimum absolute atomic E-state index is 0.0142. The zero-order valence-electron chi connectivity index (χ0n) is 17.9. The van der Waals surface area contributed by atoms with Gasteiger partial charge in [0.2, 0.25) is 0 Å². The number of carbonyl (C=O) groups excluding carboxylic acids is 1. The highest BCUT2D eigenvalue weighted by Crippen LogP contribution is 2.19. The number of nitrogens with one attached hydrogen (secondary N) is 1. The van der Waals surface area contributed by atoms with Gasteiger partial charge in [-0.15, -0.1) is 0 Å². The first kappa shape index (κ1) is 20.2. The molecule has 1 saturated heterocycles. The number of nitrogens with zero attached hydrogens (tertiary/aromatic N) is 5. The second-order valence-electron chi connectivity index (χ2n) is 7.98. The van der Waals surface area contributed by atoms with Crippen molar-refractivity contribution in [1.82, 2.24) is 29.5 Å².